The average molecular weight is 419 g/mol. The first-order valence-corrected chi connectivity index (χ1v) is 9.66. The van der Waals surface area contributed by atoms with Gasteiger partial charge in [0.15, 0.2) is 0 Å². The molecule has 1 N–H and O–H groups in total. The smallest absolute Gasteiger partial charge is 0.475 e. The van der Waals surface area contributed by atoms with Gasteiger partial charge in [0, 0.05) is 37.1 Å². The molecule has 10 heteroatoms. The van der Waals surface area contributed by atoms with Crippen molar-refractivity contribution >= 4 is 17.3 Å². The van der Waals surface area contributed by atoms with Crippen LogP contribution < -0.4 is 0 Å². The molecule has 0 radical (unpaired) electrons. The Kier molecular flexibility index (Phi) is 7.62. The van der Waals surface area contributed by atoms with Crippen LogP contribution >= 0.6 is 11.3 Å². The maximum absolute atomic E-state index is 10.6. The minimum absolute atomic E-state index is 0.251. The van der Waals surface area contributed by atoms with Gasteiger partial charge in [0.25, 0.3) is 0 Å². The Morgan fingerprint density at radius 1 is 1.43 bits per heavy atom. The summed E-state index contributed by atoms with van der Waals surface area (Å²) in [6.45, 7) is 7.89. The Labute approximate surface area is 165 Å². The fourth-order valence-electron chi connectivity index (χ4n) is 2.83. The Morgan fingerprint density at radius 2 is 2.11 bits per heavy atom. The predicted molar refractivity (Wildman–Crippen MR) is 99.0 cm³/mol. The summed E-state index contributed by atoms with van der Waals surface area (Å²) in [5.74, 6) is -2.76. The Bertz CT molecular complexity index is 773. The Morgan fingerprint density at radius 3 is 2.64 bits per heavy atom. The maximum Gasteiger partial charge on any atom is 0.490 e. The highest BCUT2D eigenvalue weighted by Crippen LogP contribution is 2.24. The number of aryl methyl sites for hydroxylation is 1. The molecule has 0 unspecified atom stereocenters. The molecule has 2 aromatic rings. The van der Waals surface area contributed by atoms with Crippen LogP contribution in [0.4, 0.5) is 13.2 Å². The molecule has 0 saturated heterocycles. The number of alkyl halides is 3. The molecule has 2 aromatic heterocycles. The van der Waals surface area contributed by atoms with E-state index in [1.165, 1.54) is 16.1 Å². The van der Waals surface area contributed by atoms with E-state index >= 15 is 0 Å². The molecule has 0 aliphatic carbocycles. The van der Waals surface area contributed by atoms with E-state index in [0.29, 0.717) is 6.61 Å². The summed E-state index contributed by atoms with van der Waals surface area (Å²) in [5, 5.41) is 13.9. The summed E-state index contributed by atoms with van der Waals surface area (Å²) in [6, 6.07) is 4.34. The Balaban J connectivity index is 0.000000345. The Hall–Kier alpha value is -1.91. The van der Waals surface area contributed by atoms with Gasteiger partial charge in [0.05, 0.1) is 24.1 Å². The zero-order chi connectivity index (χ0) is 20.9. The molecule has 28 heavy (non-hydrogen) atoms. The third-order valence-corrected chi connectivity index (χ3v) is 5.03. The fourth-order valence-corrected chi connectivity index (χ4v) is 3.58. The summed E-state index contributed by atoms with van der Waals surface area (Å²) in [6.07, 6.45) is -3.76. The van der Waals surface area contributed by atoms with Gasteiger partial charge in [0.1, 0.15) is 0 Å². The van der Waals surface area contributed by atoms with Crippen molar-refractivity contribution in [2.45, 2.75) is 52.2 Å². The second kappa shape index (κ2) is 9.53. The van der Waals surface area contributed by atoms with Crippen molar-refractivity contribution in [3.63, 3.8) is 0 Å². The number of ether oxygens (including phenoxy) is 1. The first-order valence-electron chi connectivity index (χ1n) is 8.78. The topological polar surface area (TPSA) is 67.6 Å². The van der Waals surface area contributed by atoms with Crippen LogP contribution in [0.5, 0.6) is 0 Å². The van der Waals surface area contributed by atoms with Crippen LogP contribution in [0.25, 0.3) is 0 Å². The van der Waals surface area contributed by atoms with Gasteiger partial charge in [-0.1, -0.05) is 6.07 Å². The van der Waals surface area contributed by atoms with Gasteiger partial charge in [-0.05, 0) is 31.7 Å². The number of aromatic nitrogens is 2. The van der Waals surface area contributed by atoms with Gasteiger partial charge in [-0.15, -0.1) is 11.3 Å². The lowest BCUT2D eigenvalue weighted by Crippen LogP contribution is -2.30. The molecule has 6 nitrogen and oxygen atoms in total. The lowest BCUT2D eigenvalue weighted by molar-refractivity contribution is -0.192. The van der Waals surface area contributed by atoms with Crippen LogP contribution in [0.1, 0.15) is 35.7 Å². The monoisotopic (exact) mass is 419 g/mol. The number of thiophene rings is 1. The molecular weight excluding hydrogens is 395 g/mol. The summed E-state index contributed by atoms with van der Waals surface area (Å²) in [5.41, 5.74) is 3.87. The minimum atomic E-state index is -5.08. The van der Waals surface area contributed by atoms with E-state index in [-0.39, 0.29) is 6.10 Å². The quantitative estimate of drug-likeness (QED) is 0.802. The number of hydrogen-bond donors (Lipinski definition) is 1. The van der Waals surface area contributed by atoms with Crippen LogP contribution in [0.3, 0.4) is 0 Å². The van der Waals surface area contributed by atoms with Crippen LogP contribution in [-0.4, -0.2) is 44.6 Å². The lowest BCUT2D eigenvalue weighted by Gasteiger charge is -2.27. The number of carboxylic acids is 1. The highest BCUT2D eigenvalue weighted by atomic mass is 32.1. The van der Waals surface area contributed by atoms with E-state index in [1.54, 1.807) is 0 Å². The number of rotatable bonds is 5. The summed E-state index contributed by atoms with van der Waals surface area (Å²) in [7, 11) is 2.05. The van der Waals surface area contributed by atoms with Gasteiger partial charge < -0.3 is 9.84 Å². The summed E-state index contributed by atoms with van der Waals surface area (Å²) in [4.78, 5) is 12.8. The largest absolute Gasteiger partial charge is 0.490 e. The van der Waals surface area contributed by atoms with E-state index in [2.05, 4.69) is 41.4 Å². The molecule has 0 fully saturated rings. The molecule has 0 atom stereocenters. The summed E-state index contributed by atoms with van der Waals surface area (Å²) < 4.78 is 39.5. The standard InChI is InChI=1S/C16H23N3OS.C2HF3O2/c1-12(2)20-11-15-14-6-7-19(9-13-5-4-8-21-13)10-16(14)18(3)17-15;3-2(4,5)1(6)7/h4-5,8,12H,6-7,9-11H2,1-3H3;(H,6,7). The number of hydrogen-bond acceptors (Lipinski definition) is 5. The maximum atomic E-state index is 10.6. The molecule has 1 aliphatic heterocycles. The first-order chi connectivity index (χ1) is 13.1. The number of halogens is 3. The van der Waals surface area contributed by atoms with Crippen LogP contribution in [0, 0.1) is 0 Å². The second-order valence-electron chi connectivity index (χ2n) is 6.70. The summed E-state index contributed by atoms with van der Waals surface area (Å²) >= 11 is 1.83. The van der Waals surface area contributed by atoms with Crippen LogP contribution in [0.15, 0.2) is 17.5 Å². The first kappa shape index (κ1) is 22.4. The van der Waals surface area contributed by atoms with Crippen molar-refractivity contribution in [2.75, 3.05) is 6.54 Å². The van der Waals surface area contributed by atoms with Crippen molar-refractivity contribution in [2.24, 2.45) is 7.05 Å². The van der Waals surface area contributed by atoms with Crippen LogP contribution in [0.2, 0.25) is 0 Å². The van der Waals surface area contributed by atoms with E-state index in [9.17, 15) is 13.2 Å². The molecule has 3 heterocycles. The number of nitrogens with zero attached hydrogens (tertiary/aromatic N) is 3. The van der Waals surface area contributed by atoms with Gasteiger partial charge in [-0.3, -0.25) is 9.58 Å². The SMILES string of the molecule is CC(C)OCc1nn(C)c2c1CCN(Cc1cccs1)C2.O=C(O)C(F)(F)F. The fraction of sp³-hybridized carbons (Fsp3) is 0.556. The van der Waals surface area contributed by atoms with Crippen molar-refractivity contribution in [1.82, 2.24) is 14.7 Å². The van der Waals surface area contributed by atoms with Gasteiger partial charge in [0.2, 0.25) is 0 Å². The molecule has 3 rings (SSSR count). The number of fused-ring (bicyclic) bond motifs is 1. The molecule has 0 aromatic carbocycles. The molecule has 0 saturated carbocycles. The number of carboxylic acid groups (broad SMARTS) is 1. The van der Waals surface area contributed by atoms with Crippen molar-refractivity contribution in [3.05, 3.63) is 39.3 Å². The van der Waals surface area contributed by atoms with Crippen LogP contribution in [-0.2, 0) is 42.7 Å². The highest BCUT2D eigenvalue weighted by Gasteiger charge is 2.38. The van der Waals surface area contributed by atoms with E-state index in [4.69, 9.17) is 14.6 Å². The average Bonchev–Trinajstić information content (AvgIpc) is 3.21. The third kappa shape index (κ3) is 6.32. The lowest BCUT2D eigenvalue weighted by atomic mass is 10.0. The van der Waals surface area contributed by atoms with E-state index in [1.807, 2.05) is 23.1 Å². The second-order valence-corrected chi connectivity index (χ2v) is 7.73. The minimum Gasteiger partial charge on any atom is -0.475 e. The molecular formula is C18H24F3N3O3S. The van der Waals surface area contributed by atoms with Crippen molar-refractivity contribution in [3.8, 4) is 0 Å². The predicted octanol–water partition coefficient (Wildman–Crippen LogP) is 3.60. The molecule has 0 spiro atoms. The van der Waals surface area contributed by atoms with E-state index < -0.39 is 12.1 Å². The molecule has 0 amide bonds. The number of aliphatic carboxylic acids is 1. The zero-order valence-electron chi connectivity index (χ0n) is 16.0. The molecule has 1 aliphatic rings. The third-order valence-electron chi connectivity index (χ3n) is 4.16. The van der Waals surface area contributed by atoms with Crippen molar-refractivity contribution < 1.29 is 27.8 Å². The normalized spacial score (nSPS) is 14.5. The van der Waals surface area contributed by atoms with E-state index in [0.717, 1.165) is 31.7 Å². The molecule has 0 bridgehead atoms. The zero-order valence-corrected chi connectivity index (χ0v) is 16.8. The molecule has 156 valence electrons. The van der Waals surface area contributed by atoms with Gasteiger partial charge >= 0.3 is 12.1 Å². The van der Waals surface area contributed by atoms with Gasteiger partial charge in [-0.2, -0.15) is 18.3 Å². The van der Waals surface area contributed by atoms with Gasteiger partial charge in [-0.25, -0.2) is 4.79 Å². The van der Waals surface area contributed by atoms with Crippen molar-refractivity contribution in [1.29, 1.82) is 0 Å². The number of carbonyl (C=O) groups is 1. The highest BCUT2D eigenvalue weighted by molar-refractivity contribution is 7.09.